The SMILES string of the molecule is C[C@@H](O)[C@H](NC(=O)/C=C/c1ccccc1)C(=O)N[C@@H](Cc1ccccc1)C(=O)N[C@@H](CCC(N)=O)C(=O)NCCO. The summed E-state index contributed by atoms with van der Waals surface area (Å²) < 4.78 is 0. The molecule has 0 aliphatic carbocycles. The normalized spacial score (nSPS) is 13.8. The number of primary amides is 1. The van der Waals surface area contributed by atoms with Crippen LogP contribution in [0, 0.1) is 0 Å². The maximum Gasteiger partial charge on any atom is 0.245 e. The van der Waals surface area contributed by atoms with Gasteiger partial charge in [0.25, 0.3) is 0 Å². The standard InChI is InChI=1S/C29H37N5O7/c1-19(36)26(34-25(38)15-12-20-8-4-2-5-9-20)29(41)33-23(18-21-10-6-3-7-11-21)28(40)32-22(13-14-24(30)37)27(39)31-16-17-35/h2-12,15,19,22-23,26,35-36H,13-14,16-18H2,1H3,(H2,30,37)(H,31,39)(H,32,40)(H,33,41)(H,34,38)/b15-12+/t19-,22+,23+,26+/m1/s1. The van der Waals surface area contributed by atoms with Gasteiger partial charge in [0.15, 0.2) is 0 Å². The highest BCUT2D eigenvalue weighted by Gasteiger charge is 2.31. The minimum atomic E-state index is -1.40. The Morgan fingerprint density at radius 1 is 0.854 bits per heavy atom. The molecule has 2 aromatic rings. The van der Waals surface area contributed by atoms with Crippen molar-refractivity contribution in [2.75, 3.05) is 13.2 Å². The summed E-state index contributed by atoms with van der Waals surface area (Å²) >= 11 is 0. The molecule has 0 saturated heterocycles. The van der Waals surface area contributed by atoms with Gasteiger partial charge in [-0.3, -0.25) is 24.0 Å². The van der Waals surface area contributed by atoms with E-state index < -0.39 is 53.8 Å². The summed E-state index contributed by atoms with van der Waals surface area (Å²) in [5.74, 6) is -3.51. The largest absolute Gasteiger partial charge is 0.395 e. The number of benzene rings is 2. The summed E-state index contributed by atoms with van der Waals surface area (Å²) in [6.07, 6.45) is 1.18. The van der Waals surface area contributed by atoms with E-state index in [1.807, 2.05) is 6.07 Å². The van der Waals surface area contributed by atoms with Gasteiger partial charge in [-0.15, -0.1) is 0 Å². The van der Waals surface area contributed by atoms with Crippen molar-refractivity contribution < 1.29 is 34.2 Å². The molecule has 4 atom stereocenters. The van der Waals surface area contributed by atoms with E-state index in [1.54, 1.807) is 60.7 Å². The highest BCUT2D eigenvalue weighted by Crippen LogP contribution is 2.07. The van der Waals surface area contributed by atoms with E-state index in [1.165, 1.54) is 13.0 Å². The van der Waals surface area contributed by atoms with Gasteiger partial charge in [-0.25, -0.2) is 0 Å². The first kappa shape index (κ1) is 32.7. The van der Waals surface area contributed by atoms with Crippen LogP contribution in [0.25, 0.3) is 6.08 Å². The van der Waals surface area contributed by atoms with Crippen molar-refractivity contribution in [2.45, 2.75) is 50.4 Å². The van der Waals surface area contributed by atoms with Gasteiger partial charge in [-0.05, 0) is 30.5 Å². The maximum absolute atomic E-state index is 13.4. The van der Waals surface area contributed by atoms with Crippen molar-refractivity contribution in [3.63, 3.8) is 0 Å². The molecule has 0 aliphatic heterocycles. The van der Waals surface area contributed by atoms with Gasteiger partial charge >= 0.3 is 0 Å². The third-order valence-corrected chi connectivity index (χ3v) is 5.93. The summed E-state index contributed by atoms with van der Waals surface area (Å²) in [5, 5.41) is 29.3. The van der Waals surface area contributed by atoms with Gasteiger partial charge in [0.1, 0.15) is 18.1 Å². The highest BCUT2D eigenvalue weighted by molar-refractivity contribution is 5.97. The molecule has 41 heavy (non-hydrogen) atoms. The van der Waals surface area contributed by atoms with E-state index >= 15 is 0 Å². The average Bonchev–Trinajstić information content (AvgIpc) is 2.95. The third-order valence-electron chi connectivity index (χ3n) is 5.93. The molecule has 12 heteroatoms. The summed E-state index contributed by atoms with van der Waals surface area (Å²) in [6.45, 7) is 0.922. The lowest BCUT2D eigenvalue weighted by Crippen LogP contribution is -2.59. The zero-order valence-corrected chi connectivity index (χ0v) is 22.8. The second-order valence-electron chi connectivity index (χ2n) is 9.30. The van der Waals surface area contributed by atoms with Gasteiger partial charge in [0, 0.05) is 25.5 Å². The fraction of sp³-hybridized carbons (Fsp3) is 0.345. The lowest BCUT2D eigenvalue weighted by Gasteiger charge is -2.26. The molecule has 0 spiro atoms. The number of hydrogen-bond donors (Lipinski definition) is 7. The fourth-order valence-electron chi connectivity index (χ4n) is 3.79. The maximum atomic E-state index is 13.4. The van der Waals surface area contributed by atoms with Crippen LogP contribution in [-0.2, 0) is 30.4 Å². The molecular weight excluding hydrogens is 530 g/mol. The van der Waals surface area contributed by atoms with Crippen molar-refractivity contribution >= 4 is 35.6 Å². The summed E-state index contributed by atoms with van der Waals surface area (Å²) in [6, 6.07) is 14.0. The van der Waals surface area contributed by atoms with Crippen molar-refractivity contribution in [3.8, 4) is 0 Å². The van der Waals surface area contributed by atoms with E-state index in [0.29, 0.717) is 5.56 Å². The topological polar surface area (TPSA) is 200 Å². The minimum Gasteiger partial charge on any atom is -0.395 e. The smallest absolute Gasteiger partial charge is 0.245 e. The second-order valence-corrected chi connectivity index (χ2v) is 9.30. The van der Waals surface area contributed by atoms with Crippen molar-refractivity contribution in [1.29, 1.82) is 0 Å². The monoisotopic (exact) mass is 567 g/mol. The molecule has 0 unspecified atom stereocenters. The van der Waals surface area contributed by atoms with Gasteiger partial charge in [-0.1, -0.05) is 60.7 Å². The van der Waals surface area contributed by atoms with Crippen LogP contribution >= 0.6 is 0 Å². The first-order chi connectivity index (χ1) is 19.6. The van der Waals surface area contributed by atoms with Crippen LogP contribution < -0.4 is 27.0 Å². The number of carbonyl (C=O) groups is 5. The van der Waals surface area contributed by atoms with Crippen LogP contribution in [0.4, 0.5) is 0 Å². The number of rotatable bonds is 16. The predicted octanol–water partition coefficient (Wildman–Crippen LogP) is -0.848. The quantitative estimate of drug-likeness (QED) is 0.128. The number of aliphatic hydroxyl groups is 2. The lowest BCUT2D eigenvalue weighted by molar-refractivity contribution is -0.134. The number of nitrogens with one attached hydrogen (secondary N) is 4. The molecule has 0 radical (unpaired) electrons. The number of aliphatic hydroxyl groups excluding tert-OH is 2. The van der Waals surface area contributed by atoms with E-state index in [4.69, 9.17) is 10.8 Å². The first-order valence-electron chi connectivity index (χ1n) is 13.1. The number of carbonyl (C=O) groups excluding carboxylic acids is 5. The fourth-order valence-corrected chi connectivity index (χ4v) is 3.79. The van der Waals surface area contributed by atoms with Crippen molar-refractivity contribution in [3.05, 3.63) is 77.9 Å². The van der Waals surface area contributed by atoms with E-state index in [9.17, 15) is 29.1 Å². The summed E-state index contributed by atoms with van der Waals surface area (Å²) in [7, 11) is 0. The molecule has 5 amide bonds. The molecule has 12 nitrogen and oxygen atoms in total. The molecule has 0 heterocycles. The van der Waals surface area contributed by atoms with Gasteiger partial charge in [0.05, 0.1) is 12.7 Å². The molecule has 0 aliphatic rings. The molecule has 0 saturated carbocycles. The molecule has 0 fully saturated rings. The number of hydrogen-bond acceptors (Lipinski definition) is 7. The lowest BCUT2D eigenvalue weighted by atomic mass is 10.0. The highest BCUT2D eigenvalue weighted by atomic mass is 16.3. The minimum absolute atomic E-state index is 0.0214. The zero-order chi connectivity index (χ0) is 30.2. The third kappa shape index (κ3) is 12.0. The Kier molecular flexibility index (Phi) is 13.7. The molecule has 0 aromatic heterocycles. The van der Waals surface area contributed by atoms with Crippen LogP contribution in [0.5, 0.6) is 0 Å². The van der Waals surface area contributed by atoms with Crippen molar-refractivity contribution in [2.24, 2.45) is 5.73 Å². The number of nitrogens with two attached hydrogens (primary N) is 1. The van der Waals surface area contributed by atoms with Gasteiger partial charge in [-0.2, -0.15) is 0 Å². The molecular formula is C29H37N5O7. The summed E-state index contributed by atoms with van der Waals surface area (Å²) in [4.78, 5) is 63.0. The Hall–Kier alpha value is -4.55. The van der Waals surface area contributed by atoms with E-state index in [2.05, 4.69) is 21.3 Å². The molecule has 8 N–H and O–H groups in total. The Morgan fingerprint density at radius 2 is 1.46 bits per heavy atom. The Morgan fingerprint density at radius 3 is 2.05 bits per heavy atom. The molecule has 0 bridgehead atoms. The average molecular weight is 568 g/mol. The van der Waals surface area contributed by atoms with Crippen LogP contribution in [0.3, 0.4) is 0 Å². The van der Waals surface area contributed by atoms with Gasteiger partial charge in [0.2, 0.25) is 29.5 Å². The predicted molar refractivity (Wildman–Crippen MR) is 152 cm³/mol. The summed E-state index contributed by atoms with van der Waals surface area (Å²) in [5.41, 5.74) is 6.66. The zero-order valence-electron chi connectivity index (χ0n) is 22.8. The molecule has 2 aromatic carbocycles. The van der Waals surface area contributed by atoms with E-state index in [0.717, 1.165) is 5.56 Å². The van der Waals surface area contributed by atoms with E-state index in [-0.39, 0.29) is 32.4 Å². The molecule has 2 rings (SSSR count). The van der Waals surface area contributed by atoms with Crippen LogP contribution in [0.15, 0.2) is 66.7 Å². The van der Waals surface area contributed by atoms with Crippen LogP contribution in [0.1, 0.15) is 30.9 Å². The van der Waals surface area contributed by atoms with Gasteiger partial charge < -0.3 is 37.2 Å². The Labute approximate surface area is 238 Å². The Bertz CT molecular complexity index is 1190. The number of amides is 5. The van der Waals surface area contributed by atoms with Crippen molar-refractivity contribution in [1.82, 2.24) is 21.3 Å². The molecule has 220 valence electrons. The first-order valence-corrected chi connectivity index (χ1v) is 13.1. The van der Waals surface area contributed by atoms with Crippen LogP contribution in [-0.4, -0.2) is 77.1 Å². The second kappa shape index (κ2) is 17.2. The Balaban J connectivity index is 2.21. The van der Waals surface area contributed by atoms with Crippen LogP contribution in [0.2, 0.25) is 0 Å².